The molecule has 1 saturated heterocycles. The first-order valence-corrected chi connectivity index (χ1v) is 11.4. The number of hydrogen-bond donors (Lipinski definition) is 2. The van der Waals surface area contributed by atoms with Crippen LogP contribution in [0.25, 0.3) is 0 Å². The normalized spacial score (nSPS) is 18.5. The van der Waals surface area contributed by atoms with Gasteiger partial charge in [-0.3, -0.25) is 19.4 Å². The van der Waals surface area contributed by atoms with Gasteiger partial charge in [-0.25, -0.2) is 0 Å². The highest BCUT2D eigenvalue weighted by Crippen LogP contribution is 2.30. The number of aryl methyl sites for hydroxylation is 1. The van der Waals surface area contributed by atoms with Crippen LogP contribution in [-0.4, -0.2) is 80.1 Å². The molecule has 1 fully saturated rings. The van der Waals surface area contributed by atoms with Gasteiger partial charge in [-0.2, -0.15) is 0 Å². The van der Waals surface area contributed by atoms with Crippen LogP contribution in [0.5, 0.6) is 11.5 Å². The van der Waals surface area contributed by atoms with Crippen LogP contribution < -0.4 is 20.1 Å². The lowest BCUT2D eigenvalue weighted by molar-refractivity contribution is -0.124. The number of piperazine rings is 1. The van der Waals surface area contributed by atoms with E-state index in [4.69, 9.17) is 9.47 Å². The molecule has 2 N–H and O–H groups in total. The van der Waals surface area contributed by atoms with Crippen molar-refractivity contribution in [3.05, 3.63) is 53.6 Å². The molecule has 0 spiro atoms. The number of rotatable bonds is 7. The van der Waals surface area contributed by atoms with E-state index < -0.39 is 0 Å². The number of benzene rings is 2. The number of anilines is 1. The minimum absolute atomic E-state index is 0.00818. The van der Waals surface area contributed by atoms with Crippen molar-refractivity contribution in [3.8, 4) is 11.5 Å². The SMILES string of the molecule is Cc1cccc(NC(=O)CN2CCN(CC(=O)NC[C@@H]3COc4ccccc4O3)CC2)c1C. The van der Waals surface area contributed by atoms with Gasteiger partial charge in [-0.15, -0.1) is 0 Å². The van der Waals surface area contributed by atoms with Crippen molar-refractivity contribution in [1.82, 2.24) is 15.1 Å². The summed E-state index contributed by atoms with van der Waals surface area (Å²) in [6, 6.07) is 13.5. The zero-order chi connectivity index (χ0) is 23.2. The summed E-state index contributed by atoms with van der Waals surface area (Å²) >= 11 is 0. The maximum atomic E-state index is 12.5. The Hall–Kier alpha value is -3.10. The molecule has 0 unspecified atom stereocenters. The van der Waals surface area contributed by atoms with Gasteiger partial charge in [-0.1, -0.05) is 24.3 Å². The summed E-state index contributed by atoms with van der Waals surface area (Å²) in [5.74, 6) is 1.41. The summed E-state index contributed by atoms with van der Waals surface area (Å²) in [7, 11) is 0. The molecule has 2 amide bonds. The molecule has 176 valence electrons. The van der Waals surface area contributed by atoms with E-state index in [9.17, 15) is 9.59 Å². The van der Waals surface area contributed by atoms with Crippen LogP contribution >= 0.6 is 0 Å². The predicted octanol–water partition coefficient (Wildman–Crippen LogP) is 1.82. The minimum Gasteiger partial charge on any atom is -0.486 e. The number of nitrogens with one attached hydrogen (secondary N) is 2. The molecule has 0 radical (unpaired) electrons. The van der Waals surface area contributed by atoms with Gasteiger partial charge in [0.05, 0.1) is 19.6 Å². The van der Waals surface area contributed by atoms with Crippen molar-refractivity contribution < 1.29 is 19.1 Å². The van der Waals surface area contributed by atoms with Crippen LogP contribution in [0.1, 0.15) is 11.1 Å². The molecule has 2 heterocycles. The molecule has 0 aliphatic carbocycles. The summed E-state index contributed by atoms with van der Waals surface area (Å²) in [6.07, 6.45) is -0.198. The third kappa shape index (κ3) is 6.24. The van der Waals surface area contributed by atoms with Crippen molar-refractivity contribution in [1.29, 1.82) is 0 Å². The number of para-hydroxylation sites is 2. The van der Waals surface area contributed by atoms with E-state index in [2.05, 4.69) is 20.4 Å². The smallest absolute Gasteiger partial charge is 0.238 e. The molecular weight excluding hydrogens is 420 g/mol. The Balaban J connectivity index is 1.14. The number of carbonyl (C=O) groups is 2. The van der Waals surface area contributed by atoms with Crippen LogP contribution in [0.15, 0.2) is 42.5 Å². The lowest BCUT2D eigenvalue weighted by Crippen LogP contribution is -2.51. The monoisotopic (exact) mass is 452 g/mol. The zero-order valence-corrected chi connectivity index (χ0v) is 19.3. The van der Waals surface area contributed by atoms with Gasteiger partial charge in [0.2, 0.25) is 11.8 Å². The lowest BCUT2D eigenvalue weighted by Gasteiger charge is -2.34. The first-order chi connectivity index (χ1) is 16.0. The molecular formula is C25H32N4O4. The second kappa shape index (κ2) is 10.7. The van der Waals surface area contributed by atoms with Crippen LogP contribution in [-0.2, 0) is 9.59 Å². The molecule has 8 nitrogen and oxygen atoms in total. The summed E-state index contributed by atoms with van der Waals surface area (Å²) in [4.78, 5) is 29.1. The maximum Gasteiger partial charge on any atom is 0.238 e. The third-order valence-corrected chi connectivity index (χ3v) is 6.17. The maximum absolute atomic E-state index is 12.5. The molecule has 0 saturated carbocycles. The topological polar surface area (TPSA) is 83.1 Å². The molecule has 1 atom stereocenters. The quantitative estimate of drug-likeness (QED) is 0.667. The average molecular weight is 453 g/mol. The summed E-state index contributed by atoms with van der Waals surface area (Å²) in [5.41, 5.74) is 3.12. The highest BCUT2D eigenvalue weighted by atomic mass is 16.6. The Kier molecular flexibility index (Phi) is 7.47. The van der Waals surface area contributed by atoms with E-state index in [1.807, 2.05) is 56.3 Å². The van der Waals surface area contributed by atoms with E-state index in [0.717, 1.165) is 48.7 Å². The first-order valence-electron chi connectivity index (χ1n) is 11.4. The van der Waals surface area contributed by atoms with Gasteiger partial charge in [0.25, 0.3) is 0 Å². The average Bonchev–Trinajstić information content (AvgIpc) is 2.82. The highest BCUT2D eigenvalue weighted by molar-refractivity contribution is 5.93. The second-order valence-electron chi connectivity index (χ2n) is 8.65. The Bertz CT molecular complexity index is 988. The number of hydrogen-bond acceptors (Lipinski definition) is 6. The van der Waals surface area contributed by atoms with Crippen LogP contribution in [0.4, 0.5) is 5.69 Å². The molecule has 4 rings (SSSR count). The van der Waals surface area contributed by atoms with Gasteiger partial charge in [0.15, 0.2) is 11.5 Å². The third-order valence-electron chi connectivity index (χ3n) is 6.17. The van der Waals surface area contributed by atoms with Gasteiger partial charge in [0.1, 0.15) is 12.7 Å². The summed E-state index contributed by atoms with van der Waals surface area (Å²) in [5, 5.41) is 5.96. The largest absolute Gasteiger partial charge is 0.486 e. The van der Waals surface area contributed by atoms with Gasteiger partial charge < -0.3 is 20.1 Å². The molecule has 2 aromatic carbocycles. The van der Waals surface area contributed by atoms with Gasteiger partial charge in [0, 0.05) is 31.9 Å². The molecule has 33 heavy (non-hydrogen) atoms. The van der Waals surface area contributed by atoms with Gasteiger partial charge >= 0.3 is 0 Å². The molecule has 0 bridgehead atoms. The number of carbonyl (C=O) groups excluding carboxylic acids is 2. The second-order valence-corrected chi connectivity index (χ2v) is 8.65. The number of fused-ring (bicyclic) bond motifs is 1. The Labute approximate surface area is 194 Å². The van der Waals surface area contributed by atoms with E-state index in [1.54, 1.807) is 0 Å². The highest BCUT2D eigenvalue weighted by Gasteiger charge is 2.23. The van der Waals surface area contributed by atoms with Crippen molar-refractivity contribution in [3.63, 3.8) is 0 Å². The van der Waals surface area contributed by atoms with E-state index in [0.29, 0.717) is 32.0 Å². The molecule has 2 aliphatic rings. The van der Waals surface area contributed by atoms with E-state index in [1.165, 1.54) is 0 Å². The fraction of sp³-hybridized carbons (Fsp3) is 0.440. The van der Waals surface area contributed by atoms with E-state index in [-0.39, 0.29) is 17.9 Å². The van der Waals surface area contributed by atoms with Crippen molar-refractivity contribution >= 4 is 17.5 Å². The fourth-order valence-corrected chi connectivity index (χ4v) is 4.04. The number of nitrogens with zero attached hydrogens (tertiary/aromatic N) is 2. The van der Waals surface area contributed by atoms with Crippen molar-refractivity contribution in [2.75, 3.05) is 57.7 Å². The summed E-state index contributed by atoms with van der Waals surface area (Å²) < 4.78 is 11.6. The standard InChI is InChI=1S/C25H32N4O4/c1-18-6-5-7-21(19(18)2)27-25(31)16-29-12-10-28(11-13-29)15-24(30)26-14-20-17-32-22-8-3-4-9-23(22)33-20/h3-9,20H,10-17H2,1-2H3,(H,26,30)(H,27,31)/t20-/m1/s1. The number of amides is 2. The Morgan fingerprint density at radius 1 is 0.909 bits per heavy atom. The molecule has 8 heteroatoms. The molecule has 2 aromatic rings. The van der Waals surface area contributed by atoms with Crippen LogP contribution in [0, 0.1) is 13.8 Å². The zero-order valence-electron chi connectivity index (χ0n) is 19.3. The summed E-state index contributed by atoms with van der Waals surface area (Å²) in [6.45, 7) is 8.58. The predicted molar refractivity (Wildman–Crippen MR) is 127 cm³/mol. The fourth-order valence-electron chi connectivity index (χ4n) is 4.04. The van der Waals surface area contributed by atoms with Crippen LogP contribution in [0.2, 0.25) is 0 Å². The number of ether oxygens (including phenoxy) is 2. The lowest BCUT2D eigenvalue weighted by atomic mass is 10.1. The molecule has 0 aromatic heterocycles. The van der Waals surface area contributed by atoms with Crippen molar-refractivity contribution in [2.45, 2.75) is 20.0 Å². The minimum atomic E-state index is -0.198. The Morgan fingerprint density at radius 3 is 2.30 bits per heavy atom. The first kappa shape index (κ1) is 23.1. The Morgan fingerprint density at radius 2 is 1.58 bits per heavy atom. The van der Waals surface area contributed by atoms with E-state index >= 15 is 0 Å². The van der Waals surface area contributed by atoms with Gasteiger partial charge in [-0.05, 0) is 43.2 Å². The van der Waals surface area contributed by atoms with Crippen molar-refractivity contribution in [2.24, 2.45) is 0 Å². The van der Waals surface area contributed by atoms with Crippen LogP contribution in [0.3, 0.4) is 0 Å². The molecule has 2 aliphatic heterocycles.